The Hall–Kier alpha value is -2.27. The first-order chi connectivity index (χ1) is 9.22. The maximum absolute atomic E-state index is 5.77. The largest absolute Gasteiger partial charge is 0.454 e. The van der Waals surface area contributed by atoms with Gasteiger partial charge in [0, 0.05) is 24.4 Å². The molecule has 3 rings (SSSR count). The zero-order valence-corrected chi connectivity index (χ0v) is 10.5. The fraction of sp³-hybridized carbons (Fsp3) is 0.214. The third-order valence-electron chi connectivity index (χ3n) is 2.85. The maximum Gasteiger partial charge on any atom is 0.231 e. The van der Waals surface area contributed by atoms with Gasteiger partial charge in [0.1, 0.15) is 5.75 Å². The molecule has 1 atom stereocenters. The Morgan fingerprint density at radius 2 is 2.05 bits per heavy atom. The quantitative estimate of drug-likeness (QED) is 0.916. The molecule has 2 aromatic rings. The van der Waals surface area contributed by atoms with E-state index in [9.17, 15) is 0 Å². The van der Waals surface area contributed by atoms with Crippen LogP contribution >= 0.6 is 0 Å². The molecule has 0 spiro atoms. The van der Waals surface area contributed by atoms with Crippen molar-refractivity contribution < 1.29 is 14.2 Å². The van der Waals surface area contributed by atoms with Crippen molar-refractivity contribution in [2.24, 2.45) is 5.73 Å². The van der Waals surface area contributed by atoms with Gasteiger partial charge in [0.2, 0.25) is 12.7 Å². The third kappa shape index (κ3) is 2.46. The number of fused-ring (bicyclic) bond motifs is 1. The Kier molecular flexibility index (Phi) is 2.97. The number of pyridine rings is 1. The van der Waals surface area contributed by atoms with Crippen LogP contribution in [0.5, 0.6) is 23.1 Å². The van der Waals surface area contributed by atoms with Crippen LogP contribution in [0.2, 0.25) is 0 Å². The van der Waals surface area contributed by atoms with Crippen molar-refractivity contribution in [2.45, 2.75) is 13.0 Å². The summed E-state index contributed by atoms with van der Waals surface area (Å²) >= 11 is 0. The lowest BCUT2D eigenvalue weighted by Gasteiger charge is -2.08. The minimum absolute atomic E-state index is 0.0351. The van der Waals surface area contributed by atoms with Gasteiger partial charge in [-0.05, 0) is 24.6 Å². The van der Waals surface area contributed by atoms with E-state index < -0.39 is 0 Å². The molecule has 0 fully saturated rings. The second-order valence-corrected chi connectivity index (χ2v) is 4.34. The Morgan fingerprint density at radius 3 is 2.79 bits per heavy atom. The van der Waals surface area contributed by atoms with Crippen LogP contribution in [0, 0.1) is 0 Å². The van der Waals surface area contributed by atoms with Gasteiger partial charge in [0.05, 0.1) is 0 Å². The van der Waals surface area contributed by atoms with E-state index in [4.69, 9.17) is 19.9 Å². The first kappa shape index (κ1) is 11.8. The maximum atomic E-state index is 5.77. The average molecular weight is 258 g/mol. The summed E-state index contributed by atoms with van der Waals surface area (Å²) in [7, 11) is 0. The second kappa shape index (κ2) is 4.78. The van der Waals surface area contributed by atoms with Gasteiger partial charge in [-0.3, -0.25) is 0 Å². The van der Waals surface area contributed by atoms with Crippen molar-refractivity contribution in [1.29, 1.82) is 0 Å². The lowest BCUT2D eigenvalue weighted by molar-refractivity contribution is 0.174. The van der Waals surface area contributed by atoms with Gasteiger partial charge < -0.3 is 19.9 Å². The molecule has 0 saturated carbocycles. The van der Waals surface area contributed by atoms with E-state index in [0.717, 1.165) is 11.3 Å². The number of aromatic nitrogens is 1. The van der Waals surface area contributed by atoms with Crippen molar-refractivity contribution in [3.05, 3.63) is 42.1 Å². The first-order valence-electron chi connectivity index (χ1n) is 6.01. The molecule has 2 heterocycles. The van der Waals surface area contributed by atoms with Gasteiger partial charge in [-0.15, -0.1) is 0 Å². The zero-order valence-electron chi connectivity index (χ0n) is 10.5. The smallest absolute Gasteiger partial charge is 0.231 e. The molecule has 1 aliphatic rings. The average Bonchev–Trinajstić information content (AvgIpc) is 2.87. The Labute approximate surface area is 110 Å². The highest BCUT2D eigenvalue weighted by Crippen LogP contribution is 2.36. The lowest BCUT2D eigenvalue weighted by atomic mass is 10.2. The van der Waals surface area contributed by atoms with Crippen molar-refractivity contribution in [2.75, 3.05) is 6.79 Å². The third-order valence-corrected chi connectivity index (χ3v) is 2.85. The predicted molar refractivity (Wildman–Crippen MR) is 69.5 cm³/mol. The van der Waals surface area contributed by atoms with E-state index in [0.29, 0.717) is 17.4 Å². The molecule has 19 heavy (non-hydrogen) atoms. The summed E-state index contributed by atoms with van der Waals surface area (Å²) in [6.45, 7) is 2.16. The van der Waals surface area contributed by atoms with Gasteiger partial charge in [-0.1, -0.05) is 6.07 Å². The van der Waals surface area contributed by atoms with Crippen LogP contribution in [0.25, 0.3) is 0 Å². The van der Waals surface area contributed by atoms with Crippen LogP contribution in [0.1, 0.15) is 18.5 Å². The molecular weight excluding hydrogens is 244 g/mol. The summed E-state index contributed by atoms with van der Waals surface area (Å²) in [4.78, 5) is 4.21. The van der Waals surface area contributed by atoms with E-state index in [2.05, 4.69) is 4.98 Å². The highest BCUT2D eigenvalue weighted by Gasteiger charge is 2.14. The fourth-order valence-electron chi connectivity index (χ4n) is 1.78. The molecular formula is C14H14N2O3. The molecule has 0 bridgehead atoms. The van der Waals surface area contributed by atoms with Crippen LogP contribution in [0.4, 0.5) is 0 Å². The van der Waals surface area contributed by atoms with E-state index in [1.807, 2.05) is 25.1 Å². The molecule has 1 aliphatic heterocycles. The van der Waals surface area contributed by atoms with E-state index in [1.165, 1.54) is 0 Å². The standard InChI is InChI=1S/C14H14N2O3/c1-9(15)10-2-5-14(16-7-10)19-11-3-4-12-13(6-11)18-8-17-12/h2-7,9H,8,15H2,1H3/t9-/m0/s1. The van der Waals surface area contributed by atoms with Gasteiger partial charge >= 0.3 is 0 Å². The van der Waals surface area contributed by atoms with Crippen LogP contribution in [0.3, 0.4) is 0 Å². The van der Waals surface area contributed by atoms with Crippen molar-refractivity contribution in [3.63, 3.8) is 0 Å². The van der Waals surface area contributed by atoms with Gasteiger partial charge in [-0.2, -0.15) is 0 Å². The van der Waals surface area contributed by atoms with Crippen molar-refractivity contribution in [1.82, 2.24) is 4.98 Å². The van der Waals surface area contributed by atoms with Crippen molar-refractivity contribution >= 4 is 0 Å². The minimum atomic E-state index is -0.0351. The summed E-state index contributed by atoms with van der Waals surface area (Å²) in [5.41, 5.74) is 6.74. The molecule has 1 aromatic carbocycles. The van der Waals surface area contributed by atoms with E-state index in [1.54, 1.807) is 18.3 Å². The van der Waals surface area contributed by atoms with Crippen LogP contribution < -0.4 is 19.9 Å². The van der Waals surface area contributed by atoms with Crippen molar-refractivity contribution in [3.8, 4) is 23.1 Å². The Bertz CT molecular complexity index is 582. The SMILES string of the molecule is C[C@H](N)c1ccc(Oc2ccc3c(c2)OCO3)nc1. The summed E-state index contributed by atoms with van der Waals surface area (Å²) in [6, 6.07) is 9.07. The molecule has 98 valence electrons. The molecule has 5 nitrogen and oxygen atoms in total. The predicted octanol–water partition coefficient (Wildman–Crippen LogP) is 2.62. The highest BCUT2D eigenvalue weighted by atomic mass is 16.7. The molecule has 5 heteroatoms. The number of ether oxygens (including phenoxy) is 3. The van der Waals surface area contributed by atoms with E-state index in [-0.39, 0.29) is 12.8 Å². The normalized spacial score (nSPS) is 14.2. The zero-order chi connectivity index (χ0) is 13.2. The van der Waals surface area contributed by atoms with Gasteiger partial charge in [0.15, 0.2) is 11.5 Å². The van der Waals surface area contributed by atoms with Gasteiger partial charge in [-0.25, -0.2) is 4.98 Å². The molecule has 0 unspecified atom stereocenters. The summed E-state index contributed by atoms with van der Waals surface area (Å²) in [5, 5.41) is 0. The summed E-state index contributed by atoms with van der Waals surface area (Å²) < 4.78 is 16.2. The minimum Gasteiger partial charge on any atom is -0.454 e. The summed E-state index contributed by atoms with van der Waals surface area (Å²) in [6.07, 6.45) is 1.72. The molecule has 1 aromatic heterocycles. The molecule has 0 saturated heterocycles. The number of nitrogens with two attached hydrogens (primary N) is 1. The van der Waals surface area contributed by atoms with Crippen LogP contribution in [0.15, 0.2) is 36.5 Å². The lowest BCUT2D eigenvalue weighted by Crippen LogP contribution is -2.05. The first-order valence-corrected chi connectivity index (χ1v) is 6.01. The van der Waals surface area contributed by atoms with Crippen LogP contribution in [-0.2, 0) is 0 Å². The number of hydrogen-bond acceptors (Lipinski definition) is 5. The molecule has 0 radical (unpaired) electrons. The number of rotatable bonds is 3. The Balaban J connectivity index is 1.77. The van der Waals surface area contributed by atoms with Crippen LogP contribution in [-0.4, -0.2) is 11.8 Å². The molecule has 0 amide bonds. The van der Waals surface area contributed by atoms with E-state index >= 15 is 0 Å². The second-order valence-electron chi connectivity index (χ2n) is 4.34. The number of benzene rings is 1. The monoisotopic (exact) mass is 258 g/mol. The number of hydrogen-bond donors (Lipinski definition) is 1. The summed E-state index contributed by atoms with van der Waals surface area (Å²) in [5.74, 6) is 2.59. The Morgan fingerprint density at radius 1 is 1.21 bits per heavy atom. The highest BCUT2D eigenvalue weighted by molar-refractivity contribution is 5.47. The molecule has 2 N–H and O–H groups in total. The fourth-order valence-corrected chi connectivity index (χ4v) is 1.78. The number of nitrogens with zero attached hydrogens (tertiary/aromatic N) is 1. The topological polar surface area (TPSA) is 66.6 Å². The molecule has 0 aliphatic carbocycles. The van der Waals surface area contributed by atoms with Gasteiger partial charge in [0.25, 0.3) is 0 Å².